The lowest BCUT2D eigenvalue weighted by Crippen LogP contribution is -2.22. The highest BCUT2D eigenvalue weighted by molar-refractivity contribution is 7.17. The molecule has 1 aliphatic carbocycles. The lowest BCUT2D eigenvalue weighted by Gasteiger charge is -2.18. The molecule has 0 radical (unpaired) electrons. The lowest BCUT2D eigenvalue weighted by molar-refractivity contribution is 0.0963. The Kier molecular flexibility index (Phi) is 4.02. The zero-order valence-corrected chi connectivity index (χ0v) is 13.4. The number of rotatable bonds is 3. The average Bonchev–Trinajstić information content (AvgIpc) is 3.13. The molecule has 1 atom stereocenters. The third-order valence-electron chi connectivity index (χ3n) is 3.94. The second kappa shape index (κ2) is 5.96. The van der Waals surface area contributed by atoms with E-state index in [-0.39, 0.29) is 17.6 Å². The number of anilines is 1. The Labute approximate surface area is 132 Å². The molecule has 6 heteroatoms. The molecule has 0 aromatic carbocycles. The van der Waals surface area contributed by atoms with Crippen LogP contribution in [0, 0.1) is 5.92 Å². The molecule has 2 N–H and O–H groups in total. The molecule has 0 bridgehead atoms. The first-order chi connectivity index (χ1) is 10.6. The van der Waals surface area contributed by atoms with Crippen molar-refractivity contribution >= 4 is 28.2 Å². The number of hydrogen-bond donors (Lipinski definition) is 2. The first kappa shape index (κ1) is 14.8. The van der Waals surface area contributed by atoms with E-state index in [2.05, 4.69) is 17.6 Å². The van der Waals surface area contributed by atoms with Gasteiger partial charge in [0.25, 0.3) is 11.8 Å². The van der Waals surface area contributed by atoms with E-state index in [1.54, 1.807) is 19.2 Å². The van der Waals surface area contributed by atoms with Gasteiger partial charge in [-0.05, 0) is 42.9 Å². The van der Waals surface area contributed by atoms with Crippen LogP contribution in [0.15, 0.2) is 22.8 Å². The third-order valence-corrected chi connectivity index (χ3v) is 5.11. The van der Waals surface area contributed by atoms with Gasteiger partial charge in [-0.25, -0.2) is 0 Å². The van der Waals surface area contributed by atoms with Gasteiger partial charge in [-0.1, -0.05) is 6.92 Å². The van der Waals surface area contributed by atoms with Gasteiger partial charge in [0, 0.05) is 11.9 Å². The molecular formula is C16H18N2O3S. The van der Waals surface area contributed by atoms with Crippen molar-refractivity contribution in [1.82, 2.24) is 5.32 Å². The number of fused-ring (bicyclic) bond motifs is 1. The monoisotopic (exact) mass is 318 g/mol. The molecule has 0 saturated carbocycles. The van der Waals surface area contributed by atoms with Crippen LogP contribution in [-0.4, -0.2) is 18.9 Å². The van der Waals surface area contributed by atoms with E-state index < -0.39 is 0 Å². The van der Waals surface area contributed by atoms with Crippen LogP contribution >= 0.6 is 11.3 Å². The van der Waals surface area contributed by atoms with E-state index in [0.717, 1.165) is 24.8 Å². The molecule has 5 nitrogen and oxygen atoms in total. The third kappa shape index (κ3) is 2.66. The van der Waals surface area contributed by atoms with Gasteiger partial charge in [-0.15, -0.1) is 11.3 Å². The maximum Gasteiger partial charge on any atom is 0.291 e. The maximum absolute atomic E-state index is 12.2. The molecule has 0 aliphatic heterocycles. The van der Waals surface area contributed by atoms with Gasteiger partial charge in [0.2, 0.25) is 0 Å². The quantitative estimate of drug-likeness (QED) is 0.913. The first-order valence-corrected chi connectivity index (χ1v) is 8.13. The molecule has 0 fully saturated rings. The molecule has 2 aromatic heterocycles. The van der Waals surface area contributed by atoms with Gasteiger partial charge in [0.1, 0.15) is 5.00 Å². The number of amides is 2. The molecule has 2 heterocycles. The van der Waals surface area contributed by atoms with Crippen LogP contribution in [0.25, 0.3) is 0 Å². The van der Waals surface area contributed by atoms with Crippen LogP contribution in [0.4, 0.5) is 5.00 Å². The topological polar surface area (TPSA) is 71.3 Å². The smallest absolute Gasteiger partial charge is 0.291 e. The Balaban J connectivity index is 1.96. The van der Waals surface area contributed by atoms with Crippen LogP contribution in [0.1, 0.15) is 44.7 Å². The van der Waals surface area contributed by atoms with Crippen molar-refractivity contribution < 1.29 is 14.0 Å². The van der Waals surface area contributed by atoms with Crippen LogP contribution in [0.3, 0.4) is 0 Å². The fourth-order valence-corrected chi connectivity index (χ4v) is 4.18. The molecule has 0 spiro atoms. The van der Waals surface area contributed by atoms with Gasteiger partial charge >= 0.3 is 0 Å². The van der Waals surface area contributed by atoms with Crippen molar-refractivity contribution in [2.75, 3.05) is 12.4 Å². The molecule has 0 saturated heterocycles. The number of thiophene rings is 1. The van der Waals surface area contributed by atoms with Crippen molar-refractivity contribution in [2.24, 2.45) is 5.92 Å². The molecule has 2 aromatic rings. The van der Waals surface area contributed by atoms with Crippen LogP contribution in [-0.2, 0) is 12.8 Å². The minimum absolute atomic E-state index is 0.151. The number of carbonyl (C=O) groups excluding carboxylic acids is 2. The summed E-state index contributed by atoms with van der Waals surface area (Å²) in [6.45, 7) is 2.21. The Bertz CT molecular complexity index is 703. The van der Waals surface area contributed by atoms with Gasteiger partial charge in [0.15, 0.2) is 5.76 Å². The predicted octanol–water partition coefficient (Wildman–Crippen LogP) is 3.08. The fourth-order valence-electron chi connectivity index (χ4n) is 2.78. The van der Waals surface area contributed by atoms with E-state index in [1.807, 2.05) is 0 Å². The van der Waals surface area contributed by atoms with E-state index in [0.29, 0.717) is 16.5 Å². The standard InChI is InChI=1S/C16H18N2O3S/c1-9-5-6-10-12(8-9)22-16(13(10)15(20)17-2)18-14(19)11-4-3-7-21-11/h3-4,7,9H,5-6,8H2,1-2H3,(H,17,20)(H,18,19)/t9-/m0/s1. The van der Waals surface area contributed by atoms with Crippen molar-refractivity contribution in [1.29, 1.82) is 0 Å². The number of furan rings is 1. The van der Waals surface area contributed by atoms with Crippen molar-refractivity contribution in [3.05, 3.63) is 40.2 Å². The molecule has 3 rings (SSSR count). The number of hydrogen-bond acceptors (Lipinski definition) is 4. The van der Waals surface area contributed by atoms with Crippen LogP contribution in [0.2, 0.25) is 0 Å². The summed E-state index contributed by atoms with van der Waals surface area (Å²) < 4.78 is 5.11. The van der Waals surface area contributed by atoms with E-state index >= 15 is 0 Å². The fraction of sp³-hybridized carbons (Fsp3) is 0.375. The maximum atomic E-state index is 12.2. The normalized spacial score (nSPS) is 16.9. The summed E-state index contributed by atoms with van der Waals surface area (Å²) in [5.41, 5.74) is 1.69. The Morgan fingerprint density at radius 3 is 2.86 bits per heavy atom. The van der Waals surface area contributed by atoms with Crippen molar-refractivity contribution in [3.63, 3.8) is 0 Å². The molecule has 0 unspecified atom stereocenters. The predicted molar refractivity (Wildman–Crippen MR) is 85.6 cm³/mol. The Morgan fingerprint density at radius 1 is 1.36 bits per heavy atom. The largest absolute Gasteiger partial charge is 0.459 e. The van der Waals surface area contributed by atoms with Gasteiger partial charge in [-0.3, -0.25) is 9.59 Å². The SMILES string of the molecule is CNC(=O)c1c(NC(=O)c2ccco2)sc2c1CC[C@H](C)C2. The highest BCUT2D eigenvalue weighted by Crippen LogP contribution is 2.39. The summed E-state index contributed by atoms with van der Waals surface area (Å²) in [5, 5.41) is 6.11. The van der Waals surface area contributed by atoms with Gasteiger partial charge in [-0.2, -0.15) is 0 Å². The van der Waals surface area contributed by atoms with Crippen molar-refractivity contribution in [3.8, 4) is 0 Å². The van der Waals surface area contributed by atoms with Crippen molar-refractivity contribution in [2.45, 2.75) is 26.2 Å². The summed E-state index contributed by atoms with van der Waals surface area (Å²) in [7, 11) is 1.61. The van der Waals surface area contributed by atoms with E-state index in [4.69, 9.17) is 4.42 Å². The lowest BCUT2D eigenvalue weighted by atomic mass is 9.88. The van der Waals surface area contributed by atoms with Gasteiger partial charge in [0.05, 0.1) is 11.8 Å². The summed E-state index contributed by atoms with van der Waals surface area (Å²) in [6.07, 6.45) is 4.36. The van der Waals surface area contributed by atoms with Crippen LogP contribution < -0.4 is 10.6 Å². The Hall–Kier alpha value is -2.08. The van der Waals surface area contributed by atoms with E-state index in [9.17, 15) is 9.59 Å². The zero-order chi connectivity index (χ0) is 15.7. The highest BCUT2D eigenvalue weighted by Gasteiger charge is 2.28. The minimum Gasteiger partial charge on any atom is -0.459 e. The molecular weight excluding hydrogens is 300 g/mol. The summed E-state index contributed by atoms with van der Waals surface area (Å²) in [4.78, 5) is 25.6. The zero-order valence-electron chi connectivity index (χ0n) is 12.6. The van der Waals surface area contributed by atoms with E-state index in [1.165, 1.54) is 22.5 Å². The minimum atomic E-state index is -0.332. The first-order valence-electron chi connectivity index (χ1n) is 7.31. The number of nitrogens with one attached hydrogen (secondary N) is 2. The average molecular weight is 318 g/mol. The summed E-state index contributed by atoms with van der Waals surface area (Å²) in [6, 6.07) is 3.26. The molecule has 2 amide bonds. The molecule has 116 valence electrons. The number of carbonyl (C=O) groups is 2. The Morgan fingerprint density at radius 2 is 2.18 bits per heavy atom. The second-order valence-electron chi connectivity index (χ2n) is 5.57. The molecule has 1 aliphatic rings. The molecule has 22 heavy (non-hydrogen) atoms. The highest BCUT2D eigenvalue weighted by atomic mass is 32.1. The van der Waals surface area contributed by atoms with Crippen LogP contribution in [0.5, 0.6) is 0 Å². The van der Waals surface area contributed by atoms with Gasteiger partial charge < -0.3 is 15.1 Å². The summed E-state index contributed by atoms with van der Waals surface area (Å²) in [5.74, 6) is 0.364. The second-order valence-corrected chi connectivity index (χ2v) is 6.67. The summed E-state index contributed by atoms with van der Waals surface area (Å²) >= 11 is 1.50.